The van der Waals surface area contributed by atoms with Crippen LogP contribution in [0.1, 0.15) is 26.2 Å². The summed E-state index contributed by atoms with van der Waals surface area (Å²) in [4.78, 5) is 36.5. The molecule has 0 saturated carbocycles. The Labute approximate surface area is 128 Å². The SMILES string of the molecule is CSCC[C@H](N)C(=O)N[C@@H](C)C(=O)N1CCC[C@H]1C(=O)O. The number of nitrogens with two attached hydrogens (primary N) is 1. The molecule has 0 bridgehead atoms. The molecule has 2 amide bonds. The van der Waals surface area contributed by atoms with Gasteiger partial charge in [-0.25, -0.2) is 4.79 Å². The van der Waals surface area contributed by atoms with Crippen molar-refractivity contribution >= 4 is 29.5 Å². The predicted octanol–water partition coefficient (Wildman–Crippen LogP) is -0.353. The summed E-state index contributed by atoms with van der Waals surface area (Å²) in [7, 11) is 0. The van der Waals surface area contributed by atoms with E-state index in [2.05, 4.69) is 5.32 Å². The lowest BCUT2D eigenvalue weighted by Crippen LogP contribution is -2.53. The first-order valence-corrected chi connectivity index (χ1v) is 8.36. The molecule has 1 fully saturated rings. The van der Waals surface area contributed by atoms with Crippen molar-refractivity contribution in [2.24, 2.45) is 5.73 Å². The molecule has 1 heterocycles. The summed E-state index contributed by atoms with van der Waals surface area (Å²) >= 11 is 1.60. The molecule has 3 atom stereocenters. The number of hydrogen-bond acceptors (Lipinski definition) is 5. The van der Waals surface area contributed by atoms with Crippen molar-refractivity contribution in [3.05, 3.63) is 0 Å². The van der Waals surface area contributed by atoms with Gasteiger partial charge >= 0.3 is 5.97 Å². The highest BCUT2D eigenvalue weighted by Crippen LogP contribution is 2.18. The molecule has 4 N–H and O–H groups in total. The molecule has 1 saturated heterocycles. The van der Waals surface area contributed by atoms with Crippen LogP contribution >= 0.6 is 11.8 Å². The molecule has 1 aliphatic heterocycles. The number of carbonyl (C=O) groups is 3. The quantitative estimate of drug-likeness (QED) is 0.591. The lowest BCUT2D eigenvalue weighted by atomic mass is 10.2. The van der Waals surface area contributed by atoms with E-state index in [0.717, 1.165) is 5.75 Å². The Balaban J connectivity index is 2.54. The van der Waals surface area contributed by atoms with Gasteiger partial charge in [0.05, 0.1) is 6.04 Å². The van der Waals surface area contributed by atoms with Crippen LogP contribution in [0.2, 0.25) is 0 Å². The number of nitrogens with one attached hydrogen (secondary N) is 1. The van der Waals surface area contributed by atoms with E-state index in [1.54, 1.807) is 18.7 Å². The van der Waals surface area contributed by atoms with Crippen molar-refractivity contribution in [3.8, 4) is 0 Å². The highest BCUT2D eigenvalue weighted by molar-refractivity contribution is 7.98. The van der Waals surface area contributed by atoms with E-state index in [0.29, 0.717) is 25.8 Å². The Morgan fingerprint density at radius 2 is 2.14 bits per heavy atom. The van der Waals surface area contributed by atoms with Crippen molar-refractivity contribution in [2.45, 2.75) is 44.3 Å². The standard InChI is InChI=1S/C13H23N3O4S/c1-8(15-11(17)9(14)5-7-21-2)12(18)16-6-3-4-10(16)13(19)20/h8-10H,3-7,14H2,1-2H3,(H,15,17)(H,19,20)/t8-,9-,10-/m0/s1. The lowest BCUT2D eigenvalue weighted by Gasteiger charge is -2.26. The molecule has 1 rings (SSSR count). The summed E-state index contributed by atoms with van der Waals surface area (Å²) in [6, 6.07) is -2.21. The second-order valence-corrected chi connectivity index (χ2v) is 6.13. The van der Waals surface area contributed by atoms with Crippen molar-refractivity contribution < 1.29 is 19.5 Å². The first-order chi connectivity index (χ1) is 9.88. The zero-order valence-corrected chi connectivity index (χ0v) is 13.2. The molecule has 1 aliphatic rings. The minimum Gasteiger partial charge on any atom is -0.480 e. The number of carboxylic acids is 1. The summed E-state index contributed by atoms with van der Waals surface area (Å²) in [6.07, 6.45) is 3.58. The molecule has 0 unspecified atom stereocenters. The first-order valence-electron chi connectivity index (χ1n) is 6.96. The van der Waals surface area contributed by atoms with Crippen LogP contribution in [0.15, 0.2) is 0 Å². The fourth-order valence-corrected chi connectivity index (χ4v) is 2.78. The first kappa shape index (κ1) is 17.8. The molecule has 7 nitrogen and oxygen atoms in total. The van der Waals surface area contributed by atoms with Gasteiger partial charge in [-0.05, 0) is 38.2 Å². The van der Waals surface area contributed by atoms with Gasteiger partial charge in [0.2, 0.25) is 11.8 Å². The highest BCUT2D eigenvalue weighted by atomic mass is 32.2. The predicted molar refractivity (Wildman–Crippen MR) is 80.9 cm³/mol. The number of nitrogens with zero attached hydrogens (tertiary/aromatic N) is 1. The average Bonchev–Trinajstić information content (AvgIpc) is 2.93. The third-order valence-electron chi connectivity index (χ3n) is 3.52. The van der Waals surface area contributed by atoms with E-state index in [4.69, 9.17) is 10.8 Å². The van der Waals surface area contributed by atoms with Gasteiger partial charge < -0.3 is 21.1 Å². The minimum atomic E-state index is -1.00. The Bertz CT molecular complexity index is 405. The van der Waals surface area contributed by atoms with Gasteiger partial charge in [-0.1, -0.05) is 0 Å². The maximum absolute atomic E-state index is 12.2. The van der Waals surface area contributed by atoms with Crippen LogP contribution in [-0.4, -0.2) is 64.5 Å². The lowest BCUT2D eigenvalue weighted by molar-refractivity contribution is -0.149. The Morgan fingerprint density at radius 1 is 1.48 bits per heavy atom. The Morgan fingerprint density at radius 3 is 2.71 bits per heavy atom. The number of aliphatic carboxylic acids is 1. The zero-order chi connectivity index (χ0) is 16.0. The number of likely N-dealkylation sites (tertiary alicyclic amines) is 1. The topological polar surface area (TPSA) is 113 Å². The summed E-state index contributed by atoms with van der Waals surface area (Å²) in [6.45, 7) is 1.97. The molecule has 0 spiro atoms. The Kier molecular flexibility index (Phi) is 6.97. The normalized spacial score (nSPS) is 20.9. The van der Waals surface area contributed by atoms with Gasteiger partial charge in [-0.2, -0.15) is 11.8 Å². The molecule has 0 aliphatic carbocycles. The van der Waals surface area contributed by atoms with Crippen LogP contribution in [0.25, 0.3) is 0 Å². The molecule has 0 aromatic rings. The van der Waals surface area contributed by atoms with E-state index in [1.807, 2.05) is 6.26 Å². The molecular formula is C13H23N3O4S. The number of carboxylic acid groups (broad SMARTS) is 1. The summed E-state index contributed by atoms with van der Waals surface area (Å²) in [5.41, 5.74) is 5.74. The summed E-state index contributed by atoms with van der Waals surface area (Å²) in [5, 5.41) is 11.6. The third kappa shape index (κ3) is 4.89. The number of hydrogen-bond donors (Lipinski definition) is 3. The van der Waals surface area contributed by atoms with Gasteiger partial charge in [-0.3, -0.25) is 9.59 Å². The Hall–Kier alpha value is -1.28. The summed E-state index contributed by atoms with van der Waals surface area (Å²) in [5.74, 6) is -0.984. The minimum absolute atomic E-state index is 0.370. The molecule has 0 radical (unpaired) electrons. The zero-order valence-electron chi connectivity index (χ0n) is 12.4. The van der Waals surface area contributed by atoms with E-state index in [-0.39, 0.29) is 11.8 Å². The van der Waals surface area contributed by atoms with E-state index in [1.165, 1.54) is 4.90 Å². The number of carbonyl (C=O) groups excluding carboxylic acids is 2. The largest absolute Gasteiger partial charge is 0.480 e. The van der Waals surface area contributed by atoms with Gasteiger partial charge in [0.15, 0.2) is 0 Å². The van der Waals surface area contributed by atoms with Crippen molar-refractivity contribution in [3.63, 3.8) is 0 Å². The fourth-order valence-electron chi connectivity index (χ4n) is 2.29. The third-order valence-corrected chi connectivity index (χ3v) is 4.16. The molecule has 8 heteroatoms. The summed E-state index contributed by atoms with van der Waals surface area (Å²) < 4.78 is 0. The second kappa shape index (κ2) is 8.23. The molecule has 0 aromatic carbocycles. The van der Waals surface area contributed by atoms with Crippen molar-refractivity contribution in [1.82, 2.24) is 10.2 Å². The number of thioether (sulfide) groups is 1. The average molecular weight is 317 g/mol. The maximum Gasteiger partial charge on any atom is 0.326 e. The number of rotatable bonds is 7. The van der Waals surface area contributed by atoms with Gasteiger partial charge in [-0.15, -0.1) is 0 Å². The number of amides is 2. The van der Waals surface area contributed by atoms with E-state index >= 15 is 0 Å². The van der Waals surface area contributed by atoms with Crippen LogP contribution in [0.5, 0.6) is 0 Å². The van der Waals surface area contributed by atoms with Crippen LogP contribution in [-0.2, 0) is 14.4 Å². The molecule has 0 aromatic heterocycles. The molecule has 21 heavy (non-hydrogen) atoms. The van der Waals surface area contributed by atoms with Gasteiger partial charge in [0.1, 0.15) is 12.1 Å². The van der Waals surface area contributed by atoms with Crippen LogP contribution in [0, 0.1) is 0 Å². The van der Waals surface area contributed by atoms with Gasteiger partial charge in [0.25, 0.3) is 0 Å². The van der Waals surface area contributed by atoms with Crippen LogP contribution in [0.4, 0.5) is 0 Å². The fraction of sp³-hybridized carbons (Fsp3) is 0.769. The smallest absolute Gasteiger partial charge is 0.326 e. The van der Waals surface area contributed by atoms with Crippen molar-refractivity contribution in [1.29, 1.82) is 0 Å². The van der Waals surface area contributed by atoms with E-state index in [9.17, 15) is 14.4 Å². The van der Waals surface area contributed by atoms with Crippen LogP contribution < -0.4 is 11.1 Å². The second-order valence-electron chi connectivity index (χ2n) is 5.15. The van der Waals surface area contributed by atoms with Gasteiger partial charge in [0, 0.05) is 6.54 Å². The van der Waals surface area contributed by atoms with E-state index < -0.39 is 24.1 Å². The van der Waals surface area contributed by atoms with Crippen molar-refractivity contribution in [2.75, 3.05) is 18.6 Å². The monoisotopic (exact) mass is 317 g/mol. The molecular weight excluding hydrogens is 294 g/mol. The molecule has 120 valence electrons. The van der Waals surface area contributed by atoms with Crippen LogP contribution in [0.3, 0.4) is 0 Å². The highest BCUT2D eigenvalue weighted by Gasteiger charge is 2.36. The maximum atomic E-state index is 12.2.